The Kier molecular flexibility index (Phi) is 5.45. The van der Waals surface area contributed by atoms with Crippen LogP contribution in [-0.2, 0) is 4.74 Å². The van der Waals surface area contributed by atoms with Crippen molar-refractivity contribution in [2.45, 2.75) is 39.3 Å². The maximum absolute atomic E-state index is 11.7. The Morgan fingerprint density at radius 3 is 2.45 bits per heavy atom. The highest BCUT2D eigenvalue weighted by atomic mass is 35.5. The molecule has 1 atom stereocenters. The predicted octanol–water partition coefficient (Wildman–Crippen LogP) is 1.61. The molecule has 0 saturated carbocycles. The molecule has 0 fully saturated rings. The van der Waals surface area contributed by atoms with Crippen molar-refractivity contribution in [3.05, 3.63) is 28.8 Å². The van der Waals surface area contributed by atoms with Gasteiger partial charge in [-0.25, -0.2) is 4.79 Å². The molecule has 1 rings (SSSR count). The molecule has 1 amide bonds. The normalized spacial score (nSPS) is 12.8. The zero-order valence-electron chi connectivity index (χ0n) is 12.0. The second kappa shape index (κ2) is 6.48. The zero-order valence-corrected chi connectivity index (χ0v) is 12.7. The molecule has 1 unspecified atom stereocenters. The third kappa shape index (κ3) is 5.40. The van der Waals surface area contributed by atoms with Crippen LogP contribution in [0, 0.1) is 0 Å². The van der Waals surface area contributed by atoms with Crippen LogP contribution >= 0.6 is 11.6 Å². The number of rotatable bonds is 3. The van der Waals surface area contributed by atoms with Crippen LogP contribution in [0.15, 0.2) is 18.2 Å². The van der Waals surface area contributed by atoms with Crippen molar-refractivity contribution in [3.8, 4) is 0 Å². The lowest BCUT2D eigenvalue weighted by Crippen LogP contribution is -2.35. The van der Waals surface area contributed by atoms with Crippen molar-refractivity contribution >= 4 is 30.3 Å². The van der Waals surface area contributed by atoms with E-state index in [0.717, 1.165) is 0 Å². The van der Waals surface area contributed by atoms with Crippen LogP contribution in [0.4, 0.5) is 4.79 Å². The molecule has 0 radical (unpaired) electrons. The summed E-state index contributed by atoms with van der Waals surface area (Å²) in [5, 5.41) is 21.4. The van der Waals surface area contributed by atoms with E-state index >= 15 is 0 Å². The van der Waals surface area contributed by atoms with E-state index in [9.17, 15) is 14.8 Å². The quantitative estimate of drug-likeness (QED) is 0.741. The average molecular weight is 300 g/mol. The number of hydrogen-bond acceptors (Lipinski definition) is 4. The van der Waals surface area contributed by atoms with Gasteiger partial charge in [0.05, 0.1) is 6.04 Å². The van der Waals surface area contributed by atoms with Gasteiger partial charge in [0.1, 0.15) is 5.60 Å². The maximum Gasteiger partial charge on any atom is 0.488 e. The first-order valence-corrected chi connectivity index (χ1v) is 6.62. The van der Waals surface area contributed by atoms with Crippen LogP contribution in [0.1, 0.15) is 39.3 Å². The highest BCUT2D eigenvalue weighted by Crippen LogP contribution is 2.17. The molecular weight excluding hydrogens is 280 g/mol. The van der Waals surface area contributed by atoms with E-state index in [1.54, 1.807) is 39.8 Å². The fourth-order valence-corrected chi connectivity index (χ4v) is 1.85. The number of halogens is 1. The molecule has 0 bridgehead atoms. The van der Waals surface area contributed by atoms with Crippen LogP contribution in [0.5, 0.6) is 0 Å². The zero-order chi connectivity index (χ0) is 15.5. The molecule has 5 nitrogen and oxygen atoms in total. The molecule has 0 aliphatic carbocycles. The molecule has 7 heteroatoms. The smallest absolute Gasteiger partial charge is 0.444 e. The Morgan fingerprint density at radius 1 is 1.35 bits per heavy atom. The molecule has 20 heavy (non-hydrogen) atoms. The van der Waals surface area contributed by atoms with Crippen LogP contribution in [0.3, 0.4) is 0 Å². The molecule has 0 heterocycles. The van der Waals surface area contributed by atoms with Crippen molar-refractivity contribution in [1.82, 2.24) is 5.32 Å². The number of alkyl carbamates (subject to hydrolysis) is 1. The van der Waals surface area contributed by atoms with Gasteiger partial charge in [0.25, 0.3) is 0 Å². The van der Waals surface area contributed by atoms with Gasteiger partial charge in [-0.3, -0.25) is 0 Å². The van der Waals surface area contributed by atoms with E-state index < -0.39 is 18.8 Å². The summed E-state index contributed by atoms with van der Waals surface area (Å²) in [6, 6.07) is 4.30. The molecule has 0 aliphatic rings. The van der Waals surface area contributed by atoms with Crippen molar-refractivity contribution in [2.24, 2.45) is 0 Å². The van der Waals surface area contributed by atoms with Crippen molar-refractivity contribution < 1.29 is 19.6 Å². The molecule has 110 valence electrons. The fourth-order valence-electron chi connectivity index (χ4n) is 1.60. The minimum Gasteiger partial charge on any atom is -0.444 e. The van der Waals surface area contributed by atoms with Crippen LogP contribution in [0.25, 0.3) is 0 Å². The Balaban J connectivity index is 2.82. The van der Waals surface area contributed by atoms with Gasteiger partial charge >= 0.3 is 13.2 Å². The number of carbonyl (C=O) groups excluding carboxylic acids is 1. The first-order valence-electron chi connectivity index (χ1n) is 6.24. The number of nitrogens with one attached hydrogen (secondary N) is 1. The molecule has 1 aromatic carbocycles. The topological polar surface area (TPSA) is 78.8 Å². The molecule has 0 aromatic heterocycles. The Labute approximate surface area is 124 Å². The summed E-state index contributed by atoms with van der Waals surface area (Å²) in [4.78, 5) is 11.7. The van der Waals surface area contributed by atoms with E-state index in [0.29, 0.717) is 10.6 Å². The van der Waals surface area contributed by atoms with Gasteiger partial charge in [0.15, 0.2) is 0 Å². The summed E-state index contributed by atoms with van der Waals surface area (Å²) >= 11 is 5.91. The van der Waals surface area contributed by atoms with E-state index in [1.807, 2.05) is 0 Å². The number of carbonyl (C=O) groups is 1. The van der Waals surface area contributed by atoms with Crippen LogP contribution in [0.2, 0.25) is 5.02 Å². The second-order valence-electron chi connectivity index (χ2n) is 5.56. The largest absolute Gasteiger partial charge is 0.488 e. The third-order valence-corrected chi connectivity index (χ3v) is 2.69. The van der Waals surface area contributed by atoms with Gasteiger partial charge in [0, 0.05) is 5.02 Å². The molecular formula is C13H19BClNO4. The van der Waals surface area contributed by atoms with Crippen LogP contribution in [-0.4, -0.2) is 28.9 Å². The van der Waals surface area contributed by atoms with E-state index in [4.69, 9.17) is 16.3 Å². The summed E-state index contributed by atoms with van der Waals surface area (Å²) < 4.78 is 5.16. The van der Waals surface area contributed by atoms with Gasteiger partial charge in [-0.15, -0.1) is 0 Å². The molecule has 1 aromatic rings. The van der Waals surface area contributed by atoms with Gasteiger partial charge < -0.3 is 20.1 Å². The molecule has 0 spiro atoms. The molecule has 0 aliphatic heterocycles. The van der Waals surface area contributed by atoms with Gasteiger partial charge in [-0.1, -0.05) is 17.7 Å². The number of benzene rings is 1. The molecule has 0 saturated heterocycles. The summed E-state index contributed by atoms with van der Waals surface area (Å²) in [5.74, 6) is 0. The highest BCUT2D eigenvalue weighted by Gasteiger charge is 2.20. The van der Waals surface area contributed by atoms with E-state index in [2.05, 4.69) is 5.32 Å². The highest BCUT2D eigenvalue weighted by molar-refractivity contribution is 6.59. The summed E-state index contributed by atoms with van der Waals surface area (Å²) in [7, 11) is -1.61. The average Bonchev–Trinajstić information content (AvgIpc) is 2.25. The minimum absolute atomic E-state index is 0.269. The fraction of sp³-hybridized carbons (Fsp3) is 0.462. The van der Waals surface area contributed by atoms with Gasteiger partial charge in [-0.05, 0) is 50.9 Å². The number of hydrogen-bond donors (Lipinski definition) is 3. The number of ether oxygens (including phenoxy) is 1. The van der Waals surface area contributed by atoms with Gasteiger partial charge in [-0.2, -0.15) is 0 Å². The standard InChI is InChI=1S/C13H19BClNO4/c1-8(16-12(17)20-13(2,3)4)9-5-10(14(18)19)7-11(15)6-9/h5-8,18-19H,1-4H3,(H,16,17). The Morgan fingerprint density at radius 2 is 1.95 bits per heavy atom. The van der Waals surface area contributed by atoms with Crippen LogP contribution < -0.4 is 10.8 Å². The first-order chi connectivity index (χ1) is 9.08. The maximum atomic E-state index is 11.7. The summed E-state index contributed by atoms with van der Waals surface area (Å²) in [6.45, 7) is 7.08. The Bertz CT molecular complexity index is 488. The lowest BCUT2D eigenvalue weighted by Gasteiger charge is -2.22. The predicted molar refractivity (Wildman–Crippen MR) is 79.1 cm³/mol. The van der Waals surface area contributed by atoms with Crippen molar-refractivity contribution in [1.29, 1.82) is 0 Å². The lowest BCUT2D eigenvalue weighted by molar-refractivity contribution is 0.0508. The Hall–Kier alpha value is -1.24. The second-order valence-corrected chi connectivity index (χ2v) is 6.00. The summed E-state index contributed by atoms with van der Waals surface area (Å²) in [5.41, 5.74) is 0.349. The molecule has 3 N–H and O–H groups in total. The first kappa shape index (κ1) is 16.8. The van der Waals surface area contributed by atoms with Crippen molar-refractivity contribution in [3.63, 3.8) is 0 Å². The van der Waals surface area contributed by atoms with E-state index in [1.165, 1.54) is 6.07 Å². The minimum atomic E-state index is -1.61. The summed E-state index contributed by atoms with van der Waals surface area (Å²) in [6.07, 6.45) is -0.545. The SMILES string of the molecule is CC(NC(=O)OC(C)(C)C)c1cc(Cl)cc(B(O)O)c1. The van der Waals surface area contributed by atoms with E-state index in [-0.39, 0.29) is 11.5 Å². The van der Waals surface area contributed by atoms with Crippen molar-refractivity contribution in [2.75, 3.05) is 0 Å². The monoisotopic (exact) mass is 299 g/mol. The number of amides is 1. The lowest BCUT2D eigenvalue weighted by atomic mass is 9.79. The third-order valence-electron chi connectivity index (χ3n) is 2.47. The van der Waals surface area contributed by atoms with Gasteiger partial charge in [0.2, 0.25) is 0 Å².